The van der Waals surface area contributed by atoms with Gasteiger partial charge in [0.1, 0.15) is 0 Å². The number of nitrogens with two attached hydrogens (primary N) is 1. The Morgan fingerprint density at radius 3 is 2.93 bits per heavy atom. The van der Waals surface area contributed by atoms with Gasteiger partial charge in [-0.05, 0) is 44.4 Å². The number of rotatable bonds is 1. The smallest absolute Gasteiger partial charge is 0.0627 e. The summed E-state index contributed by atoms with van der Waals surface area (Å²) >= 11 is 0. The maximum Gasteiger partial charge on any atom is 0.0627 e. The number of nitrogens with one attached hydrogen (secondary N) is 2. The molecule has 1 heterocycles. The molecule has 0 aromatic heterocycles. The molecule has 4 N–H and O–H groups in total. The van der Waals surface area contributed by atoms with Crippen LogP contribution in [-0.4, -0.2) is 7.05 Å². The van der Waals surface area contributed by atoms with Gasteiger partial charge in [-0.2, -0.15) is 0 Å². The summed E-state index contributed by atoms with van der Waals surface area (Å²) in [6.45, 7) is 2.13. The summed E-state index contributed by atoms with van der Waals surface area (Å²) in [6.07, 6.45) is 4.05. The van der Waals surface area contributed by atoms with E-state index in [4.69, 9.17) is 5.73 Å². The molecule has 0 saturated carbocycles. The van der Waals surface area contributed by atoms with Crippen molar-refractivity contribution in [2.24, 2.45) is 0 Å². The third-order valence-corrected chi connectivity index (χ3v) is 2.78. The van der Waals surface area contributed by atoms with Crippen molar-refractivity contribution in [1.82, 2.24) is 5.32 Å². The molecule has 0 spiro atoms. The minimum Gasteiger partial charge on any atom is -0.399 e. The molecule has 0 amide bonds. The maximum absolute atomic E-state index is 5.78. The highest BCUT2D eigenvalue weighted by Gasteiger charge is 2.26. The molecule has 1 aromatic rings. The number of likely N-dealkylation sites (N-methyl/N-ethyl adjacent to an activating group) is 1. The van der Waals surface area contributed by atoms with E-state index in [1.165, 1.54) is 5.56 Å². The van der Waals surface area contributed by atoms with Crippen LogP contribution in [0.5, 0.6) is 0 Å². The Morgan fingerprint density at radius 1 is 1.43 bits per heavy atom. The molecule has 0 bridgehead atoms. The fraction of sp³-hybridized carbons (Fsp3) is 0.273. The third-order valence-electron chi connectivity index (χ3n) is 2.78. The van der Waals surface area contributed by atoms with Crippen molar-refractivity contribution in [2.75, 3.05) is 18.1 Å². The Labute approximate surface area is 84.0 Å². The van der Waals surface area contributed by atoms with Gasteiger partial charge in [-0.3, -0.25) is 0 Å². The predicted molar refractivity (Wildman–Crippen MR) is 60.0 cm³/mol. The molecule has 1 aromatic carbocycles. The summed E-state index contributed by atoms with van der Waals surface area (Å²) in [7, 11) is 1.95. The van der Waals surface area contributed by atoms with Crippen LogP contribution in [-0.2, 0) is 5.54 Å². The summed E-state index contributed by atoms with van der Waals surface area (Å²) in [5, 5.41) is 6.48. The first-order valence-electron chi connectivity index (χ1n) is 4.69. The first kappa shape index (κ1) is 9.09. The van der Waals surface area contributed by atoms with Crippen molar-refractivity contribution in [3.63, 3.8) is 0 Å². The molecule has 0 saturated heterocycles. The molecule has 14 heavy (non-hydrogen) atoms. The number of fused-ring (bicyclic) bond motifs is 1. The van der Waals surface area contributed by atoms with Crippen LogP contribution in [0.2, 0.25) is 0 Å². The van der Waals surface area contributed by atoms with Crippen LogP contribution in [0.15, 0.2) is 30.5 Å². The summed E-state index contributed by atoms with van der Waals surface area (Å²) in [6, 6.07) is 5.91. The van der Waals surface area contributed by atoms with Gasteiger partial charge >= 0.3 is 0 Å². The number of anilines is 2. The topological polar surface area (TPSA) is 50.1 Å². The number of hydrogen-bond donors (Lipinski definition) is 3. The first-order chi connectivity index (χ1) is 6.65. The van der Waals surface area contributed by atoms with Crippen molar-refractivity contribution in [3.05, 3.63) is 36.0 Å². The molecule has 74 valence electrons. The molecule has 3 heteroatoms. The summed E-state index contributed by atoms with van der Waals surface area (Å²) in [5.74, 6) is 0. The van der Waals surface area contributed by atoms with Gasteiger partial charge < -0.3 is 16.4 Å². The lowest BCUT2D eigenvalue weighted by Crippen LogP contribution is -2.37. The summed E-state index contributed by atoms with van der Waals surface area (Å²) in [5.41, 5.74) is 8.74. The van der Waals surface area contributed by atoms with Crippen molar-refractivity contribution < 1.29 is 0 Å². The van der Waals surface area contributed by atoms with Gasteiger partial charge in [-0.1, -0.05) is 0 Å². The Morgan fingerprint density at radius 2 is 2.21 bits per heavy atom. The number of hydrogen-bond acceptors (Lipinski definition) is 3. The molecule has 1 aliphatic rings. The second-order valence-electron chi connectivity index (χ2n) is 3.74. The highest BCUT2D eigenvalue weighted by molar-refractivity contribution is 5.64. The second-order valence-corrected chi connectivity index (χ2v) is 3.74. The van der Waals surface area contributed by atoms with E-state index in [9.17, 15) is 0 Å². The van der Waals surface area contributed by atoms with E-state index in [0.717, 1.165) is 11.4 Å². The molecule has 3 nitrogen and oxygen atoms in total. The van der Waals surface area contributed by atoms with Crippen LogP contribution in [0.1, 0.15) is 12.5 Å². The Hall–Kier alpha value is -1.48. The fourth-order valence-corrected chi connectivity index (χ4v) is 1.72. The normalized spacial score (nSPS) is 24.1. The molecule has 1 unspecified atom stereocenters. The average Bonchev–Trinajstić information content (AvgIpc) is 2.20. The first-order valence-corrected chi connectivity index (χ1v) is 4.69. The third kappa shape index (κ3) is 1.26. The lowest BCUT2D eigenvalue weighted by Gasteiger charge is -2.32. The molecular weight excluding hydrogens is 174 g/mol. The Kier molecular flexibility index (Phi) is 1.97. The lowest BCUT2D eigenvalue weighted by molar-refractivity contribution is 0.502. The molecule has 0 fully saturated rings. The number of nitrogen functional groups attached to an aromatic ring is 1. The zero-order chi connectivity index (χ0) is 10.2. The molecule has 1 aliphatic heterocycles. The van der Waals surface area contributed by atoms with E-state index in [2.05, 4.69) is 23.6 Å². The van der Waals surface area contributed by atoms with Gasteiger partial charge in [0.2, 0.25) is 0 Å². The zero-order valence-electron chi connectivity index (χ0n) is 8.46. The standard InChI is InChI=1S/C11H15N3/c1-11(13-2)5-6-14-10-4-3-8(12)7-9(10)11/h3-7,13-14H,12H2,1-2H3. The van der Waals surface area contributed by atoms with Crippen molar-refractivity contribution >= 4 is 11.4 Å². The Bertz CT molecular complexity index is 384. The molecule has 0 aliphatic carbocycles. The van der Waals surface area contributed by atoms with Gasteiger partial charge in [-0.25, -0.2) is 0 Å². The zero-order valence-corrected chi connectivity index (χ0v) is 8.46. The van der Waals surface area contributed by atoms with Crippen LogP contribution < -0.4 is 16.4 Å². The average molecular weight is 189 g/mol. The van der Waals surface area contributed by atoms with Gasteiger partial charge in [0.15, 0.2) is 0 Å². The molecule has 1 atom stereocenters. The molecular formula is C11H15N3. The van der Waals surface area contributed by atoms with Crippen molar-refractivity contribution in [2.45, 2.75) is 12.5 Å². The van der Waals surface area contributed by atoms with Gasteiger partial charge in [-0.15, -0.1) is 0 Å². The minimum atomic E-state index is -0.129. The molecule has 2 rings (SSSR count). The van der Waals surface area contributed by atoms with Crippen LogP contribution in [0, 0.1) is 0 Å². The van der Waals surface area contributed by atoms with Gasteiger partial charge in [0, 0.05) is 16.9 Å². The lowest BCUT2D eigenvalue weighted by atomic mass is 9.88. The van der Waals surface area contributed by atoms with Crippen LogP contribution in [0.3, 0.4) is 0 Å². The maximum atomic E-state index is 5.78. The van der Waals surface area contributed by atoms with E-state index in [0.29, 0.717) is 0 Å². The largest absolute Gasteiger partial charge is 0.399 e. The van der Waals surface area contributed by atoms with E-state index >= 15 is 0 Å². The van der Waals surface area contributed by atoms with Crippen LogP contribution in [0.4, 0.5) is 11.4 Å². The van der Waals surface area contributed by atoms with Crippen molar-refractivity contribution in [1.29, 1.82) is 0 Å². The van der Waals surface area contributed by atoms with E-state index in [-0.39, 0.29) is 5.54 Å². The van der Waals surface area contributed by atoms with E-state index < -0.39 is 0 Å². The monoisotopic (exact) mass is 189 g/mol. The molecule has 0 radical (unpaired) electrons. The van der Waals surface area contributed by atoms with Crippen LogP contribution in [0.25, 0.3) is 0 Å². The van der Waals surface area contributed by atoms with Crippen molar-refractivity contribution in [3.8, 4) is 0 Å². The summed E-state index contributed by atoms with van der Waals surface area (Å²) in [4.78, 5) is 0. The number of benzene rings is 1. The predicted octanol–water partition coefficient (Wildman–Crippen LogP) is 1.64. The quantitative estimate of drug-likeness (QED) is 0.589. The Balaban J connectivity index is 2.57. The van der Waals surface area contributed by atoms with E-state index in [1.54, 1.807) is 0 Å². The highest BCUT2D eigenvalue weighted by atomic mass is 15.0. The highest BCUT2D eigenvalue weighted by Crippen LogP contribution is 2.33. The summed E-state index contributed by atoms with van der Waals surface area (Å²) < 4.78 is 0. The van der Waals surface area contributed by atoms with Gasteiger partial charge in [0.05, 0.1) is 5.54 Å². The van der Waals surface area contributed by atoms with Crippen LogP contribution >= 0.6 is 0 Å². The van der Waals surface area contributed by atoms with Gasteiger partial charge in [0.25, 0.3) is 0 Å². The SMILES string of the molecule is CNC1(C)C=CNc2ccc(N)cc21. The second kappa shape index (κ2) is 3.03. The van der Waals surface area contributed by atoms with E-state index in [1.807, 2.05) is 31.4 Å². The fourth-order valence-electron chi connectivity index (χ4n) is 1.72. The minimum absolute atomic E-state index is 0.129.